The van der Waals surface area contributed by atoms with Crippen molar-refractivity contribution in [2.45, 2.75) is 132 Å². The number of ether oxygens (including phenoxy) is 2. The van der Waals surface area contributed by atoms with E-state index >= 15 is 0 Å². The van der Waals surface area contributed by atoms with E-state index < -0.39 is 80.0 Å². The first kappa shape index (κ1) is 38.8. The third kappa shape index (κ3) is 7.47. The lowest BCUT2D eigenvalue weighted by molar-refractivity contribution is -0.197. The molecule has 1 saturated heterocycles. The van der Waals surface area contributed by atoms with Gasteiger partial charge in [-0.05, 0) is 78.2 Å². The quantitative estimate of drug-likeness (QED) is 0.365. The van der Waals surface area contributed by atoms with Gasteiger partial charge >= 0.3 is 12.3 Å². The van der Waals surface area contributed by atoms with E-state index in [0.717, 1.165) is 16.5 Å². The minimum Gasteiger partial charge on any atom is -0.483 e. The van der Waals surface area contributed by atoms with Crippen LogP contribution < -0.4 is 20.1 Å². The van der Waals surface area contributed by atoms with Crippen molar-refractivity contribution in [1.82, 2.24) is 25.2 Å². The molecule has 13 nitrogen and oxygen atoms in total. The highest BCUT2D eigenvalue weighted by Gasteiger charge is 2.64. The summed E-state index contributed by atoms with van der Waals surface area (Å²) in [4.78, 5) is 61.8. The van der Waals surface area contributed by atoms with Crippen molar-refractivity contribution in [3.8, 4) is 5.75 Å². The Bertz CT molecular complexity index is 2060. The van der Waals surface area contributed by atoms with Gasteiger partial charge in [-0.2, -0.15) is 13.2 Å². The number of halogens is 3. The van der Waals surface area contributed by atoms with Gasteiger partial charge in [-0.3, -0.25) is 19.1 Å². The fraction of sp³-hybridized carbons (Fsp3) is 0.605. The minimum atomic E-state index is -4.83. The van der Waals surface area contributed by atoms with Gasteiger partial charge in [-0.1, -0.05) is 43.2 Å². The predicted octanol–water partition coefficient (Wildman–Crippen LogP) is 4.65. The van der Waals surface area contributed by atoms with Crippen molar-refractivity contribution >= 4 is 44.7 Å². The molecule has 2 saturated carbocycles. The van der Waals surface area contributed by atoms with Gasteiger partial charge in [0.05, 0.1) is 22.5 Å². The predicted molar refractivity (Wildman–Crippen MR) is 193 cm³/mol. The summed E-state index contributed by atoms with van der Waals surface area (Å²) in [5.74, 6) is -2.30. The molecule has 1 spiro atoms. The number of hydrogen-bond acceptors (Lipinski definition) is 9. The van der Waals surface area contributed by atoms with Crippen molar-refractivity contribution < 1.29 is 50.2 Å². The average molecular weight is 790 g/mol. The zero-order chi connectivity index (χ0) is 39.6. The van der Waals surface area contributed by atoms with Crippen molar-refractivity contribution in [3.05, 3.63) is 47.7 Å². The lowest BCUT2D eigenvalue weighted by Gasteiger charge is -2.36. The third-order valence-electron chi connectivity index (χ3n) is 11.9. The normalized spacial score (nSPS) is 30.3. The lowest BCUT2D eigenvalue weighted by atomic mass is 9.87. The smallest absolute Gasteiger partial charge is 0.425 e. The zero-order valence-corrected chi connectivity index (χ0v) is 31.8. The first-order valence-electron chi connectivity index (χ1n) is 18.8. The molecule has 5 aliphatic rings. The number of carbonyl (C=O) groups is 4. The van der Waals surface area contributed by atoms with E-state index in [1.54, 1.807) is 13.0 Å². The van der Waals surface area contributed by atoms with Gasteiger partial charge in [-0.15, -0.1) is 0 Å². The van der Waals surface area contributed by atoms with E-state index in [0.29, 0.717) is 69.7 Å². The minimum absolute atomic E-state index is 0.0207. The first-order valence-corrected chi connectivity index (χ1v) is 20.3. The number of hydrogen-bond donors (Lipinski definition) is 3. The Labute approximate surface area is 317 Å². The number of alkyl halides is 3. The molecular formula is C38H46F3N5O8S. The van der Waals surface area contributed by atoms with Crippen molar-refractivity contribution in [3.63, 3.8) is 0 Å². The van der Waals surface area contributed by atoms with E-state index in [4.69, 9.17) is 9.72 Å². The molecule has 2 aromatic rings. The Kier molecular flexibility index (Phi) is 9.86. The Hall–Kier alpha value is -4.41. The number of para-hydroxylation sites is 1. The molecule has 1 aromatic carbocycles. The second-order valence-electron chi connectivity index (χ2n) is 16.0. The molecular weight excluding hydrogens is 744 g/mol. The second kappa shape index (κ2) is 14.0. The molecule has 1 unspecified atom stereocenters. The number of aromatic nitrogens is 1. The van der Waals surface area contributed by atoms with Gasteiger partial charge in [0, 0.05) is 23.3 Å². The van der Waals surface area contributed by atoms with Crippen LogP contribution in [0.5, 0.6) is 5.75 Å². The third-order valence-corrected chi connectivity index (χ3v) is 14.1. The maximum absolute atomic E-state index is 14.6. The molecule has 4 heterocycles. The van der Waals surface area contributed by atoms with Crippen LogP contribution in [0.25, 0.3) is 10.9 Å². The average Bonchev–Trinajstić information content (AvgIpc) is 4.01. The number of rotatable bonds is 5. The maximum atomic E-state index is 14.6. The highest BCUT2D eigenvalue weighted by atomic mass is 32.2. The molecule has 0 radical (unpaired) electrons. The summed E-state index contributed by atoms with van der Waals surface area (Å²) in [6, 6.07) is 5.03. The number of carbonyl (C=O) groups excluding carboxylic acids is 4. The van der Waals surface area contributed by atoms with Crippen molar-refractivity contribution in [2.75, 3.05) is 6.54 Å². The number of allylic oxidation sites excluding steroid dienone is 1. The maximum Gasteiger partial charge on any atom is 0.425 e. The molecule has 2 aliphatic carbocycles. The number of sulfonamides is 1. The van der Waals surface area contributed by atoms with Gasteiger partial charge in [-0.25, -0.2) is 18.2 Å². The SMILES string of the molecule is Cc1nc2ccccc2c2c1O[C@]1(CC2)C[C@H]2C(=O)N[C@]3(C(=O)NS(=O)(=O)C4(C)CC4)C[C@H]3/C=C\CCCCC[C@H](NC(=O)OC(C)C(F)(F)F)C(=O)N2C1. The Morgan fingerprint density at radius 1 is 1.11 bits per heavy atom. The lowest BCUT2D eigenvalue weighted by Crippen LogP contribution is -2.58. The van der Waals surface area contributed by atoms with Gasteiger partial charge in [0.25, 0.3) is 5.91 Å². The number of pyridine rings is 1. The van der Waals surface area contributed by atoms with Crippen molar-refractivity contribution in [2.24, 2.45) is 5.92 Å². The number of benzene rings is 1. The summed E-state index contributed by atoms with van der Waals surface area (Å²) >= 11 is 0. The molecule has 4 amide bonds. The molecule has 17 heteroatoms. The molecule has 1 aromatic heterocycles. The number of nitrogens with zero attached hydrogens (tertiary/aromatic N) is 2. The Balaban J connectivity index is 1.22. The fourth-order valence-electron chi connectivity index (χ4n) is 8.05. The van der Waals surface area contributed by atoms with E-state index in [2.05, 4.69) is 20.1 Å². The molecule has 3 aliphatic heterocycles. The molecule has 3 fully saturated rings. The van der Waals surface area contributed by atoms with Gasteiger partial charge in [0.15, 0.2) is 6.10 Å². The van der Waals surface area contributed by atoms with E-state index in [1.807, 2.05) is 37.3 Å². The number of amides is 4. The van der Waals surface area contributed by atoms with Gasteiger partial charge < -0.3 is 25.0 Å². The number of fused-ring (bicyclic) bond motifs is 5. The molecule has 7 rings (SSSR count). The van der Waals surface area contributed by atoms with Crippen LogP contribution in [0.2, 0.25) is 0 Å². The van der Waals surface area contributed by atoms with Crippen LogP contribution in [0.1, 0.15) is 89.3 Å². The van der Waals surface area contributed by atoms with E-state index in [-0.39, 0.29) is 25.8 Å². The highest BCUT2D eigenvalue weighted by Crippen LogP contribution is 2.49. The first-order chi connectivity index (χ1) is 25.9. The number of nitrogens with one attached hydrogen (secondary N) is 3. The van der Waals surface area contributed by atoms with Crippen LogP contribution in [-0.4, -0.2) is 88.9 Å². The summed E-state index contributed by atoms with van der Waals surface area (Å²) in [6.45, 7) is 3.93. The Morgan fingerprint density at radius 3 is 2.58 bits per heavy atom. The summed E-state index contributed by atoms with van der Waals surface area (Å²) in [6.07, 6.45) is -0.913. The second-order valence-corrected chi connectivity index (χ2v) is 18.2. The van der Waals surface area contributed by atoms with Crippen LogP contribution in [0, 0.1) is 12.8 Å². The van der Waals surface area contributed by atoms with Gasteiger partial charge in [0.2, 0.25) is 21.8 Å². The zero-order valence-electron chi connectivity index (χ0n) is 31.0. The number of aryl methyl sites for hydroxylation is 2. The Morgan fingerprint density at radius 2 is 1.85 bits per heavy atom. The topological polar surface area (TPSA) is 173 Å². The van der Waals surface area contributed by atoms with E-state index in [1.165, 1.54) is 4.90 Å². The highest BCUT2D eigenvalue weighted by molar-refractivity contribution is 7.91. The molecule has 3 N–H and O–H groups in total. The summed E-state index contributed by atoms with van der Waals surface area (Å²) in [5, 5.41) is 6.08. The van der Waals surface area contributed by atoms with Crippen molar-refractivity contribution in [1.29, 1.82) is 0 Å². The standard InChI is InChI=1S/C38H46F3N5O8S/c1-22-30-26(25-12-9-10-13-27(25)42-22)15-16-36(54-30)20-29-31(47)44-37(33(49)45-55(51,52)35(3)17-18-35)19-24(37)11-7-5-4-6-8-14-28(32(48)46(29)21-36)43-34(50)53-23(2)38(39,40)41/h7,9-13,23-24,28-29H,4-6,8,14-21H2,1-3H3,(H,43,50)(H,44,47)(H,45,49)/b11-7-/t23?,24-,28+,29+,36-,37-/m1/s1. The fourth-order valence-corrected chi connectivity index (χ4v) is 9.36. The monoisotopic (exact) mass is 789 g/mol. The van der Waals surface area contributed by atoms with E-state index in [9.17, 15) is 40.8 Å². The largest absolute Gasteiger partial charge is 0.483 e. The molecule has 6 atom stereocenters. The van der Waals surface area contributed by atoms with Crippen LogP contribution in [-0.2, 0) is 35.6 Å². The molecule has 0 bridgehead atoms. The van der Waals surface area contributed by atoms with Gasteiger partial charge in [0.1, 0.15) is 29.0 Å². The summed E-state index contributed by atoms with van der Waals surface area (Å²) < 4.78 is 78.6. The van der Waals surface area contributed by atoms with Crippen LogP contribution in [0.15, 0.2) is 36.4 Å². The van der Waals surface area contributed by atoms with Crippen LogP contribution >= 0.6 is 0 Å². The summed E-state index contributed by atoms with van der Waals surface area (Å²) in [5.41, 5.74) is -0.373. The van der Waals surface area contributed by atoms with Crippen LogP contribution in [0.4, 0.5) is 18.0 Å². The molecule has 55 heavy (non-hydrogen) atoms. The number of alkyl carbamates (subject to hydrolysis) is 1. The van der Waals surface area contributed by atoms with Crippen LogP contribution in [0.3, 0.4) is 0 Å². The molecule has 298 valence electrons. The summed E-state index contributed by atoms with van der Waals surface area (Å²) in [7, 11) is -4.05.